The summed E-state index contributed by atoms with van der Waals surface area (Å²) in [6.07, 6.45) is 6.45. The summed E-state index contributed by atoms with van der Waals surface area (Å²) in [6, 6.07) is 15.3. The third-order valence-electron chi connectivity index (χ3n) is 7.06. The topological polar surface area (TPSA) is 126 Å². The fourth-order valence-electron chi connectivity index (χ4n) is 4.73. The highest BCUT2D eigenvalue weighted by atomic mass is 32.2. The Balaban J connectivity index is 1.48. The van der Waals surface area contributed by atoms with Crippen LogP contribution in [0.5, 0.6) is 5.75 Å². The predicted octanol–water partition coefficient (Wildman–Crippen LogP) is 3.03. The van der Waals surface area contributed by atoms with Crippen LogP contribution in [0.2, 0.25) is 0 Å². The maximum atomic E-state index is 13.4. The van der Waals surface area contributed by atoms with Gasteiger partial charge in [-0.25, -0.2) is 18.8 Å². The fourth-order valence-corrected chi connectivity index (χ4v) is 6.15. The van der Waals surface area contributed by atoms with Gasteiger partial charge >= 0.3 is 0 Å². The molecule has 206 valence electrons. The minimum atomic E-state index is -3.62. The summed E-state index contributed by atoms with van der Waals surface area (Å²) in [5.74, 6) is 0.785. The molecule has 0 spiro atoms. The monoisotopic (exact) mass is 543 g/mol. The molecule has 3 N–H and O–H groups in total. The Kier molecular flexibility index (Phi) is 9.76. The molecule has 1 saturated carbocycles. The molecule has 4 rings (SSSR count). The van der Waals surface area contributed by atoms with Crippen LogP contribution < -0.4 is 15.6 Å². The summed E-state index contributed by atoms with van der Waals surface area (Å²) < 4.78 is 37.5. The Hall–Kier alpha value is -2.95. The number of amides is 1. The molecule has 1 fully saturated rings. The quantitative estimate of drug-likeness (QED) is 0.262. The minimum Gasteiger partial charge on any atom is -0.494 e. The number of carbonyl (C=O) groups is 1. The van der Waals surface area contributed by atoms with E-state index in [1.165, 1.54) is 19.3 Å². The smallest absolute Gasteiger partial charge is 0.265 e. The molecule has 0 radical (unpaired) electrons. The third-order valence-corrected chi connectivity index (χ3v) is 8.79. The van der Waals surface area contributed by atoms with E-state index in [0.29, 0.717) is 36.8 Å². The zero-order chi connectivity index (χ0) is 26.8. The van der Waals surface area contributed by atoms with Crippen LogP contribution in [0.4, 0.5) is 0 Å². The predicted molar refractivity (Wildman–Crippen MR) is 145 cm³/mol. The molecule has 9 nitrogen and oxygen atoms in total. The van der Waals surface area contributed by atoms with Crippen molar-refractivity contribution in [3.63, 3.8) is 0 Å². The second-order valence-corrected chi connectivity index (χ2v) is 12.0. The highest BCUT2D eigenvalue weighted by Crippen LogP contribution is 2.29. The Bertz CT molecular complexity index is 1180. The van der Waals surface area contributed by atoms with Crippen molar-refractivity contribution >= 4 is 21.6 Å². The summed E-state index contributed by atoms with van der Waals surface area (Å²) in [5, 5.41) is 8.92. The first-order valence-electron chi connectivity index (χ1n) is 13.3. The molecule has 2 aromatic rings. The first-order valence-corrected chi connectivity index (χ1v) is 14.9. The maximum Gasteiger partial charge on any atom is 0.265 e. The number of carbonyl (C=O) groups excluding carboxylic acids is 1. The molecule has 0 unspecified atom stereocenters. The van der Waals surface area contributed by atoms with Gasteiger partial charge in [0, 0.05) is 25.1 Å². The molecule has 0 aromatic heterocycles. The van der Waals surface area contributed by atoms with Crippen LogP contribution in [-0.2, 0) is 19.4 Å². The van der Waals surface area contributed by atoms with Gasteiger partial charge in [0.25, 0.3) is 5.91 Å². The van der Waals surface area contributed by atoms with E-state index in [0.717, 1.165) is 12.8 Å². The Morgan fingerprint density at radius 1 is 1.08 bits per heavy atom. The minimum absolute atomic E-state index is 0.0208. The van der Waals surface area contributed by atoms with Crippen molar-refractivity contribution in [3.05, 3.63) is 60.2 Å². The van der Waals surface area contributed by atoms with Crippen molar-refractivity contribution in [2.75, 3.05) is 32.1 Å². The van der Waals surface area contributed by atoms with Gasteiger partial charge in [0.2, 0.25) is 5.90 Å². The van der Waals surface area contributed by atoms with Crippen LogP contribution in [0.15, 0.2) is 64.5 Å². The van der Waals surface area contributed by atoms with E-state index in [2.05, 4.69) is 15.8 Å². The molecule has 1 heterocycles. The second-order valence-electron chi connectivity index (χ2n) is 9.91. The van der Waals surface area contributed by atoms with Gasteiger partial charge in [-0.15, -0.1) is 0 Å². The van der Waals surface area contributed by atoms with Crippen molar-refractivity contribution in [2.45, 2.75) is 55.4 Å². The molecule has 1 amide bonds. The van der Waals surface area contributed by atoms with Crippen molar-refractivity contribution < 1.29 is 27.8 Å². The lowest BCUT2D eigenvalue weighted by Gasteiger charge is -2.25. The van der Waals surface area contributed by atoms with Crippen molar-refractivity contribution in [1.82, 2.24) is 10.9 Å². The van der Waals surface area contributed by atoms with Gasteiger partial charge in [-0.3, -0.25) is 10.2 Å². The van der Waals surface area contributed by atoms with Gasteiger partial charge < -0.3 is 14.6 Å². The number of nitrogens with zero attached hydrogens (tertiary/aromatic N) is 1. The van der Waals surface area contributed by atoms with Crippen molar-refractivity contribution in [3.8, 4) is 5.75 Å². The number of rotatable bonds is 13. The Labute approximate surface area is 224 Å². The number of ether oxygens (including phenoxy) is 2. The number of hydrazine groups is 1. The lowest BCUT2D eigenvalue weighted by molar-refractivity contribution is -0.127. The highest BCUT2D eigenvalue weighted by molar-refractivity contribution is 7.91. The van der Waals surface area contributed by atoms with Crippen molar-refractivity contribution in [2.24, 2.45) is 10.9 Å². The zero-order valence-corrected chi connectivity index (χ0v) is 22.4. The lowest BCUT2D eigenvalue weighted by atomic mass is 9.89. The number of nitrogens with one attached hydrogen (secondary N) is 2. The van der Waals surface area contributed by atoms with Gasteiger partial charge in [0.05, 0.1) is 17.3 Å². The fraction of sp³-hybridized carbons (Fsp3) is 0.500. The van der Waals surface area contributed by atoms with E-state index in [1.807, 2.05) is 0 Å². The average molecular weight is 544 g/mol. The molecular formula is C28H37N3O6S. The summed E-state index contributed by atoms with van der Waals surface area (Å²) in [4.78, 5) is 18.3. The van der Waals surface area contributed by atoms with E-state index in [1.54, 1.807) is 54.6 Å². The molecule has 2 aromatic carbocycles. The van der Waals surface area contributed by atoms with Crippen LogP contribution in [0, 0.1) is 5.92 Å². The van der Waals surface area contributed by atoms with Gasteiger partial charge in [-0.1, -0.05) is 37.5 Å². The average Bonchev–Trinajstić information content (AvgIpc) is 3.39. The molecule has 0 saturated heterocycles. The molecule has 0 bridgehead atoms. The van der Waals surface area contributed by atoms with Crippen LogP contribution >= 0.6 is 0 Å². The number of sulfone groups is 1. The van der Waals surface area contributed by atoms with Gasteiger partial charge in [-0.2, -0.15) is 0 Å². The van der Waals surface area contributed by atoms with Crippen LogP contribution in [0.1, 0.15) is 50.5 Å². The SMILES string of the molecule is O=C(NNCC1CCCCC1)[C@]1(CCS(=O)(=O)c2ccccc2)COC(c2ccc(OCCCO)cc2)=N1. The Morgan fingerprint density at radius 3 is 2.53 bits per heavy atom. The lowest BCUT2D eigenvalue weighted by Crippen LogP contribution is -2.53. The largest absolute Gasteiger partial charge is 0.494 e. The normalized spacial score (nSPS) is 20.0. The standard InChI is InChI=1S/C28H37N3O6S/c32-17-7-18-36-24-14-12-23(13-15-24)26-30-28(21-37-26,16-19-38(34,35)25-10-5-2-6-11-25)27(33)31-29-20-22-8-3-1-4-9-22/h2,5-6,10-15,22,29,32H,1,3-4,7-9,16-21H2,(H,31,33)/t28-/m0/s1. The van der Waals surface area contributed by atoms with E-state index < -0.39 is 21.3 Å². The number of aliphatic hydroxyl groups excluding tert-OH is 1. The number of aliphatic hydroxyl groups is 1. The first-order chi connectivity index (χ1) is 18.4. The third kappa shape index (κ3) is 7.33. The second kappa shape index (κ2) is 13.2. The van der Waals surface area contributed by atoms with Gasteiger partial charge in [0.1, 0.15) is 12.4 Å². The summed E-state index contributed by atoms with van der Waals surface area (Å²) in [7, 11) is -3.62. The number of aliphatic imine (C=N–C) groups is 1. The molecule has 38 heavy (non-hydrogen) atoms. The van der Waals surface area contributed by atoms with Crippen LogP contribution in [0.3, 0.4) is 0 Å². The molecule has 1 aliphatic carbocycles. The van der Waals surface area contributed by atoms with Gasteiger partial charge in [0.15, 0.2) is 15.4 Å². The maximum absolute atomic E-state index is 13.4. The highest BCUT2D eigenvalue weighted by Gasteiger charge is 2.45. The number of benzene rings is 2. The number of hydrogen-bond donors (Lipinski definition) is 3. The zero-order valence-electron chi connectivity index (χ0n) is 21.6. The van der Waals surface area contributed by atoms with Crippen molar-refractivity contribution in [1.29, 1.82) is 0 Å². The molecular weight excluding hydrogens is 506 g/mol. The van der Waals surface area contributed by atoms with E-state index in [4.69, 9.17) is 14.6 Å². The van der Waals surface area contributed by atoms with E-state index in [9.17, 15) is 13.2 Å². The molecule has 10 heteroatoms. The first kappa shape index (κ1) is 28.1. The van der Waals surface area contributed by atoms with Crippen LogP contribution in [0.25, 0.3) is 0 Å². The van der Waals surface area contributed by atoms with E-state index >= 15 is 0 Å². The summed E-state index contributed by atoms with van der Waals surface area (Å²) in [5.41, 5.74) is 5.13. The molecule has 2 aliphatic rings. The molecule has 1 atom stereocenters. The van der Waals surface area contributed by atoms with Gasteiger partial charge in [-0.05, 0) is 61.6 Å². The summed E-state index contributed by atoms with van der Waals surface area (Å²) >= 11 is 0. The Morgan fingerprint density at radius 2 is 1.82 bits per heavy atom. The number of hydrogen-bond acceptors (Lipinski definition) is 8. The molecule has 1 aliphatic heterocycles. The van der Waals surface area contributed by atoms with Crippen LogP contribution in [-0.4, -0.2) is 63.0 Å². The summed E-state index contributed by atoms with van der Waals surface area (Å²) in [6.45, 7) is 1.07. The van der Waals surface area contributed by atoms with E-state index in [-0.39, 0.29) is 36.2 Å².